The molecule has 1 aromatic carbocycles. The molecule has 1 aliphatic rings. The fraction of sp³-hybridized carbons (Fsp3) is 0.333. The van der Waals surface area contributed by atoms with Gasteiger partial charge in [0.15, 0.2) is 11.6 Å². The van der Waals surface area contributed by atoms with Gasteiger partial charge in [-0.1, -0.05) is 12.1 Å². The minimum absolute atomic E-state index is 0.0873. The second-order valence-corrected chi connectivity index (χ2v) is 4.83. The van der Waals surface area contributed by atoms with E-state index >= 15 is 0 Å². The van der Waals surface area contributed by atoms with Crippen molar-refractivity contribution < 1.29 is 9.53 Å². The molecule has 98 valence electrons. The zero-order valence-corrected chi connectivity index (χ0v) is 10.9. The van der Waals surface area contributed by atoms with Crippen LogP contribution in [0.4, 0.5) is 0 Å². The first-order valence-corrected chi connectivity index (χ1v) is 6.49. The highest BCUT2D eigenvalue weighted by atomic mass is 16.5. The lowest BCUT2D eigenvalue weighted by atomic mass is 10.0. The van der Waals surface area contributed by atoms with E-state index in [9.17, 15) is 4.79 Å². The summed E-state index contributed by atoms with van der Waals surface area (Å²) in [5, 5.41) is 0. The van der Waals surface area contributed by atoms with Crippen LogP contribution >= 0.6 is 0 Å². The van der Waals surface area contributed by atoms with Crippen LogP contribution in [-0.2, 0) is 19.9 Å². The van der Waals surface area contributed by atoms with E-state index in [1.807, 2.05) is 19.2 Å². The van der Waals surface area contributed by atoms with Crippen LogP contribution in [0.15, 0.2) is 30.6 Å². The number of hydrogen-bond donors (Lipinski definition) is 0. The third-order valence-corrected chi connectivity index (χ3v) is 3.47. The van der Waals surface area contributed by atoms with Crippen molar-refractivity contribution in [3.8, 4) is 5.75 Å². The summed E-state index contributed by atoms with van der Waals surface area (Å²) in [5.74, 6) is 1.60. The molecule has 0 radical (unpaired) electrons. The minimum Gasteiger partial charge on any atom is -0.493 e. The molecule has 0 saturated heterocycles. The quantitative estimate of drug-likeness (QED) is 0.787. The minimum atomic E-state index is 0.0873. The summed E-state index contributed by atoms with van der Waals surface area (Å²) in [6.45, 7) is 0.769. The van der Waals surface area contributed by atoms with Gasteiger partial charge in [-0.15, -0.1) is 0 Å². The van der Waals surface area contributed by atoms with E-state index < -0.39 is 0 Å². The molecule has 0 aliphatic carbocycles. The Kier molecular flexibility index (Phi) is 3.07. The van der Waals surface area contributed by atoms with Crippen molar-refractivity contribution >= 4 is 5.78 Å². The number of benzene rings is 1. The third-order valence-electron chi connectivity index (χ3n) is 3.47. The maximum Gasteiger partial charge on any atom is 0.198 e. The fourth-order valence-electron chi connectivity index (χ4n) is 2.40. The first-order chi connectivity index (χ1) is 9.24. The van der Waals surface area contributed by atoms with E-state index in [-0.39, 0.29) is 5.78 Å². The summed E-state index contributed by atoms with van der Waals surface area (Å²) in [6, 6.07) is 6.19. The third kappa shape index (κ3) is 2.38. The van der Waals surface area contributed by atoms with E-state index in [1.54, 1.807) is 17.0 Å². The van der Waals surface area contributed by atoms with E-state index in [0.29, 0.717) is 12.2 Å². The average molecular weight is 256 g/mol. The van der Waals surface area contributed by atoms with Crippen LogP contribution in [-0.4, -0.2) is 21.9 Å². The molecule has 4 heteroatoms. The van der Waals surface area contributed by atoms with E-state index in [1.165, 1.54) is 11.1 Å². The van der Waals surface area contributed by atoms with Gasteiger partial charge in [0.25, 0.3) is 0 Å². The number of fused-ring (bicyclic) bond motifs is 1. The van der Waals surface area contributed by atoms with Crippen molar-refractivity contribution in [3.05, 3.63) is 47.5 Å². The summed E-state index contributed by atoms with van der Waals surface area (Å²) in [6.07, 6.45) is 5.65. The Bertz CT molecular complexity index is 616. The lowest BCUT2D eigenvalue weighted by Gasteiger charge is -2.04. The molecule has 0 unspecified atom stereocenters. The molecule has 0 N–H and O–H groups in total. The number of rotatable bonds is 4. The topological polar surface area (TPSA) is 44.1 Å². The summed E-state index contributed by atoms with van der Waals surface area (Å²) >= 11 is 0. The lowest BCUT2D eigenvalue weighted by molar-refractivity contribution is 0.0970. The average Bonchev–Trinajstić information content (AvgIpc) is 3.03. The Balaban J connectivity index is 1.66. The van der Waals surface area contributed by atoms with Gasteiger partial charge in [-0.05, 0) is 23.6 Å². The molecule has 19 heavy (non-hydrogen) atoms. The summed E-state index contributed by atoms with van der Waals surface area (Å²) in [4.78, 5) is 16.1. The number of Topliss-reactive ketones (excluding diaryl/α,β-unsaturated/α-hetero) is 1. The Morgan fingerprint density at radius 3 is 3.16 bits per heavy atom. The molecule has 0 amide bonds. The molecule has 2 heterocycles. The largest absolute Gasteiger partial charge is 0.493 e. The van der Waals surface area contributed by atoms with E-state index in [4.69, 9.17) is 4.74 Å². The van der Waals surface area contributed by atoms with Gasteiger partial charge in [-0.3, -0.25) is 4.79 Å². The zero-order chi connectivity index (χ0) is 13.2. The number of ether oxygens (including phenoxy) is 1. The van der Waals surface area contributed by atoms with Gasteiger partial charge in [0.2, 0.25) is 0 Å². The number of ketones is 1. The first-order valence-electron chi connectivity index (χ1n) is 6.49. The maximum absolute atomic E-state index is 12.0. The van der Waals surface area contributed by atoms with Crippen molar-refractivity contribution in [2.75, 3.05) is 6.61 Å². The molecule has 0 bridgehead atoms. The van der Waals surface area contributed by atoms with E-state index in [0.717, 1.165) is 25.2 Å². The Morgan fingerprint density at radius 2 is 2.37 bits per heavy atom. The maximum atomic E-state index is 12.0. The number of hydrogen-bond acceptors (Lipinski definition) is 3. The van der Waals surface area contributed by atoms with Gasteiger partial charge in [-0.2, -0.15) is 0 Å². The predicted octanol–water partition coefficient (Wildman–Crippen LogP) is 2.17. The molecule has 0 fully saturated rings. The molecule has 3 rings (SSSR count). The van der Waals surface area contributed by atoms with Crippen LogP contribution in [0.25, 0.3) is 0 Å². The molecule has 0 saturated carbocycles. The second-order valence-electron chi connectivity index (χ2n) is 4.83. The lowest BCUT2D eigenvalue weighted by Crippen LogP contribution is -2.08. The van der Waals surface area contributed by atoms with Crippen LogP contribution in [0.5, 0.6) is 5.75 Å². The molecule has 1 aromatic heterocycles. The van der Waals surface area contributed by atoms with Gasteiger partial charge in [0, 0.05) is 32.3 Å². The smallest absolute Gasteiger partial charge is 0.198 e. The summed E-state index contributed by atoms with van der Waals surface area (Å²) < 4.78 is 7.24. The SMILES string of the molecule is Cn1ccnc1C(=O)CCc1ccc2c(c1)CCO2. The van der Waals surface area contributed by atoms with Crippen LogP contribution in [0.2, 0.25) is 0 Å². The van der Waals surface area contributed by atoms with Gasteiger partial charge in [-0.25, -0.2) is 4.98 Å². The first kappa shape index (κ1) is 12.0. The Morgan fingerprint density at radius 1 is 1.47 bits per heavy atom. The van der Waals surface area contributed by atoms with Gasteiger partial charge >= 0.3 is 0 Å². The number of aryl methyl sites for hydroxylation is 2. The molecular formula is C15H16N2O2. The van der Waals surface area contributed by atoms with Crippen LogP contribution in [0.3, 0.4) is 0 Å². The summed E-state index contributed by atoms with van der Waals surface area (Å²) in [7, 11) is 1.84. The predicted molar refractivity (Wildman–Crippen MR) is 71.5 cm³/mol. The van der Waals surface area contributed by atoms with Crippen LogP contribution < -0.4 is 4.74 Å². The normalized spacial score (nSPS) is 13.1. The monoisotopic (exact) mass is 256 g/mol. The number of aromatic nitrogens is 2. The molecular weight excluding hydrogens is 240 g/mol. The van der Waals surface area contributed by atoms with Crippen molar-refractivity contribution in [2.45, 2.75) is 19.3 Å². The molecule has 2 aromatic rings. The Hall–Kier alpha value is -2.10. The standard InChI is InChI=1S/C15H16N2O2/c1-17-8-7-16-15(17)13(18)4-2-11-3-5-14-12(10-11)6-9-19-14/h3,5,7-8,10H,2,4,6,9H2,1H3. The number of imidazole rings is 1. The van der Waals surface area contributed by atoms with Crippen molar-refractivity contribution in [1.29, 1.82) is 0 Å². The fourth-order valence-corrected chi connectivity index (χ4v) is 2.40. The molecule has 0 atom stereocenters. The Labute approximate surface area is 112 Å². The van der Waals surface area contributed by atoms with Crippen molar-refractivity contribution in [1.82, 2.24) is 9.55 Å². The zero-order valence-electron chi connectivity index (χ0n) is 10.9. The highest BCUT2D eigenvalue weighted by Gasteiger charge is 2.14. The number of carbonyl (C=O) groups is 1. The number of carbonyl (C=O) groups excluding carboxylic acids is 1. The van der Waals surface area contributed by atoms with Crippen molar-refractivity contribution in [3.63, 3.8) is 0 Å². The second kappa shape index (κ2) is 4.88. The van der Waals surface area contributed by atoms with E-state index in [2.05, 4.69) is 11.1 Å². The van der Waals surface area contributed by atoms with Crippen LogP contribution in [0, 0.1) is 0 Å². The highest BCUT2D eigenvalue weighted by molar-refractivity contribution is 5.92. The molecule has 1 aliphatic heterocycles. The van der Waals surface area contributed by atoms with Crippen LogP contribution in [0.1, 0.15) is 28.2 Å². The van der Waals surface area contributed by atoms with Gasteiger partial charge in [0.05, 0.1) is 6.61 Å². The summed E-state index contributed by atoms with van der Waals surface area (Å²) in [5.41, 5.74) is 2.44. The number of nitrogens with zero attached hydrogens (tertiary/aromatic N) is 2. The molecule has 4 nitrogen and oxygen atoms in total. The molecule has 0 spiro atoms. The highest BCUT2D eigenvalue weighted by Crippen LogP contribution is 2.26. The van der Waals surface area contributed by atoms with Crippen molar-refractivity contribution in [2.24, 2.45) is 7.05 Å². The van der Waals surface area contributed by atoms with Gasteiger partial charge in [0.1, 0.15) is 5.75 Å². The van der Waals surface area contributed by atoms with Gasteiger partial charge < -0.3 is 9.30 Å².